The van der Waals surface area contributed by atoms with E-state index in [0.717, 1.165) is 17.3 Å². The van der Waals surface area contributed by atoms with Gasteiger partial charge in [0, 0.05) is 16.8 Å². The minimum absolute atomic E-state index is 0.194. The third-order valence-electron chi connectivity index (χ3n) is 2.20. The normalized spacial score (nSPS) is 15.7. The molecule has 0 amide bonds. The van der Waals surface area contributed by atoms with E-state index in [1.807, 2.05) is 0 Å². The zero-order chi connectivity index (χ0) is 16.6. The molecule has 0 aliphatic carbocycles. The van der Waals surface area contributed by atoms with Crippen molar-refractivity contribution in [2.75, 3.05) is 56.9 Å². The lowest BCUT2D eigenvalue weighted by molar-refractivity contribution is 0.0191. The summed E-state index contributed by atoms with van der Waals surface area (Å²) in [5.41, 5.74) is 0. The highest BCUT2D eigenvalue weighted by Gasteiger charge is 2.05. The standard InChI is InChI=1S/C13H28O3S6/c1-11(18)10-22-13(20)9-16-5-3-14-2-4-15-8-12(19)21-7-6-17/h11-13,17-20H,2-10H2,1H3. The van der Waals surface area contributed by atoms with Crippen molar-refractivity contribution in [3.8, 4) is 0 Å². The molecular formula is C13H28O3S6. The molecule has 0 spiro atoms. The van der Waals surface area contributed by atoms with Crippen LogP contribution in [0.1, 0.15) is 6.92 Å². The molecule has 0 aromatic carbocycles. The minimum Gasteiger partial charge on any atom is -0.377 e. The second kappa shape index (κ2) is 17.8. The number of ether oxygens (including phenoxy) is 3. The van der Waals surface area contributed by atoms with Gasteiger partial charge in [0.15, 0.2) is 0 Å². The molecule has 0 aromatic heterocycles. The van der Waals surface area contributed by atoms with Gasteiger partial charge >= 0.3 is 0 Å². The van der Waals surface area contributed by atoms with Gasteiger partial charge in [-0.2, -0.15) is 50.5 Å². The molecule has 3 nitrogen and oxygen atoms in total. The molecule has 0 bridgehead atoms. The molecule has 0 saturated carbocycles. The topological polar surface area (TPSA) is 27.7 Å². The Balaban J connectivity index is 3.20. The molecule has 0 N–H and O–H groups in total. The Hall–Kier alpha value is 1.98. The van der Waals surface area contributed by atoms with Gasteiger partial charge in [-0.25, -0.2) is 0 Å². The van der Waals surface area contributed by atoms with Gasteiger partial charge in [0.25, 0.3) is 0 Å². The highest BCUT2D eigenvalue weighted by molar-refractivity contribution is 8.11. The summed E-state index contributed by atoms with van der Waals surface area (Å²) >= 11 is 20.9. The summed E-state index contributed by atoms with van der Waals surface area (Å²) in [4.78, 5) is 0. The van der Waals surface area contributed by atoms with Crippen LogP contribution in [0, 0.1) is 0 Å². The molecular weight excluding hydrogens is 397 g/mol. The van der Waals surface area contributed by atoms with Crippen molar-refractivity contribution in [3.63, 3.8) is 0 Å². The van der Waals surface area contributed by atoms with Crippen molar-refractivity contribution in [1.82, 2.24) is 0 Å². The Kier molecular flexibility index (Phi) is 19.4. The van der Waals surface area contributed by atoms with Crippen LogP contribution in [0.15, 0.2) is 0 Å². The first kappa shape index (κ1) is 24.0. The van der Waals surface area contributed by atoms with Gasteiger partial charge in [0.2, 0.25) is 0 Å². The van der Waals surface area contributed by atoms with Crippen LogP contribution < -0.4 is 0 Å². The van der Waals surface area contributed by atoms with Crippen LogP contribution in [-0.4, -0.2) is 71.3 Å². The van der Waals surface area contributed by atoms with E-state index >= 15 is 0 Å². The molecule has 3 unspecified atom stereocenters. The first-order valence-electron chi connectivity index (χ1n) is 7.17. The quantitative estimate of drug-likeness (QED) is 0.173. The number of rotatable bonds is 16. The third-order valence-corrected chi connectivity index (χ3v) is 6.52. The summed E-state index contributed by atoms with van der Waals surface area (Å²) in [6.07, 6.45) is 0. The largest absolute Gasteiger partial charge is 0.377 e. The molecule has 0 aromatic rings. The predicted molar refractivity (Wildman–Crippen MR) is 115 cm³/mol. The van der Waals surface area contributed by atoms with Crippen molar-refractivity contribution in [2.24, 2.45) is 0 Å². The fourth-order valence-corrected chi connectivity index (χ4v) is 3.86. The van der Waals surface area contributed by atoms with E-state index in [0.29, 0.717) is 44.9 Å². The Bertz CT molecular complexity index is 236. The molecule has 0 radical (unpaired) electrons. The SMILES string of the molecule is CC(S)CSC(S)COCCOCCOCC(S)SCCS. The van der Waals surface area contributed by atoms with Crippen LogP contribution in [0.3, 0.4) is 0 Å². The van der Waals surface area contributed by atoms with Crippen LogP contribution in [0.4, 0.5) is 0 Å². The summed E-state index contributed by atoms with van der Waals surface area (Å²) in [6.45, 7) is 5.65. The maximum Gasteiger partial charge on any atom is 0.0706 e. The molecule has 0 fully saturated rings. The number of hydrogen-bond donors (Lipinski definition) is 4. The van der Waals surface area contributed by atoms with Crippen molar-refractivity contribution in [1.29, 1.82) is 0 Å². The molecule has 22 heavy (non-hydrogen) atoms. The van der Waals surface area contributed by atoms with E-state index in [2.05, 4.69) is 57.4 Å². The minimum atomic E-state index is 0.194. The van der Waals surface area contributed by atoms with E-state index < -0.39 is 0 Å². The zero-order valence-electron chi connectivity index (χ0n) is 12.9. The predicted octanol–water partition coefficient (Wildman–Crippen LogP) is 3.26. The fraction of sp³-hybridized carbons (Fsp3) is 1.00. The monoisotopic (exact) mass is 424 g/mol. The molecule has 9 heteroatoms. The second-order valence-corrected chi connectivity index (χ2v) is 10.3. The van der Waals surface area contributed by atoms with Crippen molar-refractivity contribution in [3.05, 3.63) is 0 Å². The summed E-state index contributed by atoms with van der Waals surface area (Å²) in [5, 5.41) is 0.385. The zero-order valence-corrected chi connectivity index (χ0v) is 18.1. The molecule has 3 atom stereocenters. The lowest BCUT2D eigenvalue weighted by atomic mass is 10.6. The third kappa shape index (κ3) is 18.3. The Morgan fingerprint density at radius 2 is 1.32 bits per heavy atom. The van der Waals surface area contributed by atoms with E-state index in [1.165, 1.54) is 0 Å². The fourth-order valence-electron chi connectivity index (χ4n) is 1.24. The van der Waals surface area contributed by atoms with Gasteiger partial charge in [0.1, 0.15) is 0 Å². The second-order valence-electron chi connectivity index (χ2n) is 4.45. The van der Waals surface area contributed by atoms with Crippen molar-refractivity contribution >= 4 is 74.0 Å². The van der Waals surface area contributed by atoms with Crippen LogP contribution in [0.2, 0.25) is 0 Å². The summed E-state index contributed by atoms with van der Waals surface area (Å²) < 4.78 is 16.8. The Morgan fingerprint density at radius 3 is 1.82 bits per heavy atom. The van der Waals surface area contributed by atoms with E-state index in [4.69, 9.17) is 14.2 Å². The van der Waals surface area contributed by atoms with Crippen LogP contribution in [0.5, 0.6) is 0 Å². The average Bonchev–Trinajstić information content (AvgIpc) is 2.49. The van der Waals surface area contributed by atoms with Crippen molar-refractivity contribution < 1.29 is 14.2 Å². The summed E-state index contributed by atoms with van der Waals surface area (Å²) in [6, 6.07) is 0. The van der Waals surface area contributed by atoms with Gasteiger partial charge < -0.3 is 14.2 Å². The lowest BCUT2D eigenvalue weighted by Crippen LogP contribution is -2.15. The smallest absolute Gasteiger partial charge is 0.0706 e. The summed E-state index contributed by atoms with van der Waals surface area (Å²) in [5.74, 6) is 2.84. The molecule has 0 aliphatic rings. The number of hydrogen-bond acceptors (Lipinski definition) is 9. The van der Waals surface area contributed by atoms with Crippen LogP contribution in [-0.2, 0) is 14.2 Å². The highest BCUT2D eigenvalue weighted by atomic mass is 32.2. The van der Waals surface area contributed by atoms with Crippen molar-refractivity contribution in [2.45, 2.75) is 21.3 Å². The first-order valence-corrected chi connectivity index (χ1v) is 11.5. The first-order chi connectivity index (χ1) is 10.6. The number of thiol groups is 4. The van der Waals surface area contributed by atoms with Crippen LogP contribution >= 0.6 is 74.0 Å². The average molecular weight is 425 g/mol. The Labute approximate surface area is 165 Å². The van der Waals surface area contributed by atoms with Gasteiger partial charge in [-0.3, -0.25) is 0 Å². The maximum atomic E-state index is 5.51. The van der Waals surface area contributed by atoms with Gasteiger partial charge in [-0.05, 0) is 5.75 Å². The molecule has 0 rings (SSSR count). The van der Waals surface area contributed by atoms with Gasteiger partial charge in [-0.15, -0.1) is 23.5 Å². The van der Waals surface area contributed by atoms with Gasteiger partial charge in [-0.1, -0.05) is 6.92 Å². The van der Waals surface area contributed by atoms with E-state index in [1.54, 1.807) is 23.5 Å². The molecule has 134 valence electrons. The molecule has 0 heterocycles. The van der Waals surface area contributed by atoms with E-state index in [9.17, 15) is 0 Å². The maximum absolute atomic E-state index is 5.51. The van der Waals surface area contributed by atoms with Crippen LogP contribution in [0.25, 0.3) is 0 Å². The highest BCUT2D eigenvalue weighted by Crippen LogP contribution is 2.17. The van der Waals surface area contributed by atoms with Gasteiger partial charge in [0.05, 0.1) is 48.8 Å². The molecule has 0 aliphatic heterocycles. The van der Waals surface area contributed by atoms with E-state index in [-0.39, 0.29) is 9.16 Å². The number of thioether (sulfide) groups is 2. The summed E-state index contributed by atoms with van der Waals surface area (Å²) in [7, 11) is 0. The lowest BCUT2D eigenvalue weighted by Gasteiger charge is -2.13. The Morgan fingerprint density at radius 1 is 0.818 bits per heavy atom. The molecule has 0 saturated heterocycles.